The number of unbranched alkanes of at least 4 members (excludes halogenated alkanes) is 2. The quantitative estimate of drug-likeness (QED) is 0.628. The molecular weight excluding hydrogens is 282 g/mol. The van der Waals surface area contributed by atoms with Crippen LogP contribution in [0.15, 0.2) is 54.6 Å². The van der Waals surface area contributed by atoms with E-state index < -0.39 is 0 Å². The highest BCUT2D eigenvalue weighted by atomic mass is 16.5. The van der Waals surface area contributed by atoms with E-state index in [9.17, 15) is 0 Å². The second-order valence-corrected chi connectivity index (χ2v) is 6.35. The van der Waals surface area contributed by atoms with E-state index in [1.165, 1.54) is 56.4 Å². The topological polar surface area (TPSA) is 12.5 Å². The third kappa shape index (κ3) is 5.11. The summed E-state index contributed by atoms with van der Waals surface area (Å²) in [5.41, 5.74) is 2.49. The molecular formula is C21H28NO+. The molecule has 0 radical (unpaired) electrons. The average Bonchev–Trinajstić information content (AvgIpc) is 3.13. The van der Waals surface area contributed by atoms with Crippen LogP contribution in [0.25, 0.3) is 11.1 Å². The van der Waals surface area contributed by atoms with Gasteiger partial charge in [0.2, 0.25) is 0 Å². The first kappa shape index (κ1) is 16.1. The maximum atomic E-state index is 5.86. The zero-order valence-corrected chi connectivity index (χ0v) is 13.9. The molecule has 0 amide bonds. The van der Waals surface area contributed by atoms with Gasteiger partial charge in [0.25, 0.3) is 0 Å². The highest BCUT2D eigenvalue weighted by molar-refractivity contribution is 5.63. The fourth-order valence-electron chi connectivity index (χ4n) is 3.18. The van der Waals surface area contributed by atoms with E-state index in [-0.39, 0.29) is 1.43 Å². The van der Waals surface area contributed by atoms with Gasteiger partial charge in [-0.2, -0.15) is 0 Å². The Labute approximate surface area is 141 Å². The van der Waals surface area contributed by atoms with Crippen molar-refractivity contribution in [1.29, 1.82) is 0 Å². The van der Waals surface area contributed by atoms with Gasteiger partial charge in [-0.3, -0.25) is 0 Å². The van der Waals surface area contributed by atoms with Crippen molar-refractivity contribution >= 4 is 0 Å². The van der Waals surface area contributed by atoms with E-state index in [1.807, 2.05) is 6.07 Å². The van der Waals surface area contributed by atoms with Gasteiger partial charge in [0, 0.05) is 0 Å². The van der Waals surface area contributed by atoms with Crippen LogP contribution in [0.5, 0.6) is 5.75 Å². The molecule has 0 N–H and O–H groups in total. The minimum absolute atomic E-state index is 0. The summed E-state index contributed by atoms with van der Waals surface area (Å²) in [7, 11) is 0. The van der Waals surface area contributed by atoms with Crippen molar-refractivity contribution in [1.82, 2.24) is 4.90 Å². The zero-order valence-electron chi connectivity index (χ0n) is 14.9. The van der Waals surface area contributed by atoms with Crippen LogP contribution in [0.3, 0.4) is 0 Å². The number of hydrogen-bond donors (Lipinski definition) is 0. The lowest BCUT2D eigenvalue weighted by Gasteiger charge is -2.14. The largest absolute Gasteiger partial charge is 1.00 e. The minimum atomic E-state index is 0. The van der Waals surface area contributed by atoms with Gasteiger partial charge in [-0.1, -0.05) is 42.5 Å². The summed E-state index contributed by atoms with van der Waals surface area (Å²) >= 11 is 0. The van der Waals surface area contributed by atoms with Crippen LogP contribution in [-0.4, -0.2) is 31.1 Å². The van der Waals surface area contributed by atoms with Crippen LogP contribution in [0.1, 0.15) is 33.5 Å². The first-order valence-corrected chi connectivity index (χ1v) is 8.92. The summed E-state index contributed by atoms with van der Waals surface area (Å²) in [6, 6.07) is 18.9. The Morgan fingerprint density at radius 2 is 1.48 bits per heavy atom. The Morgan fingerprint density at radius 3 is 2.22 bits per heavy atom. The van der Waals surface area contributed by atoms with E-state index in [2.05, 4.69) is 53.4 Å². The van der Waals surface area contributed by atoms with Gasteiger partial charge in [0.15, 0.2) is 0 Å². The standard InChI is InChI=1S/C21H27NO/c1-3-9-19(10-4-1)20-11-13-21(14-12-20)23-18-8-2-5-15-22-16-6-7-17-22/h1,3-4,9-14H,2,5-8,15-18H2/p+1. The van der Waals surface area contributed by atoms with Crippen LogP contribution in [0, 0.1) is 0 Å². The number of benzene rings is 2. The van der Waals surface area contributed by atoms with Gasteiger partial charge in [-0.15, -0.1) is 0 Å². The van der Waals surface area contributed by atoms with Crippen LogP contribution in [-0.2, 0) is 0 Å². The highest BCUT2D eigenvalue weighted by Gasteiger charge is 2.09. The van der Waals surface area contributed by atoms with E-state index in [4.69, 9.17) is 4.74 Å². The number of ether oxygens (including phenoxy) is 1. The molecule has 0 spiro atoms. The summed E-state index contributed by atoms with van der Waals surface area (Å²) < 4.78 is 5.86. The maximum Gasteiger partial charge on any atom is 1.00 e. The predicted molar refractivity (Wildman–Crippen MR) is 98.0 cm³/mol. The molecule has 1 aliphatic rings. The molecule has 2 aromatic carbocycles. The summed E-state index contributed by atoms with van der Waals surface area (Å²) in [5, 5.41) is 0. The third-order valence-electron chi connectivity index (χ3n) is 4.55. The summed E-state index contributed by atoms with van der Waals surface area (Å²) in [6.07, 6.45) is 6.49. The first-order valence-electron chi connectivity index (χ1n) is 8.92. The minimum Gasteiger partial charge on any atom is -0.494 e. The Bertz CT molecular complexity index is 564. The Morgan fingerprint density at radius 1 is 0.783 bits per heavy atom. The molecule has 0 aromatic heterocycles. The SMILES string of the molecule is [H+].c1ccc(-c2ccc(OCCCCCN3CCCC3)cc2)cc1. The Kier molecular flexibility index (Phi) is 6.10. The monoisotopic (exact) mass is 310 g/mol. The molecule has 1 saturated heterocycles. The smallest absolute Gasteiger partial charge is 0.494 e. The van der Waals surface area contributed by atoms with Gasteiger partial charge < -0.3 is 9.64 Å². The van der Waals surface area contributed by atoms with Gasteiger partial charge in [-0.05, 0) is 75.0 Å². The normalized spacial score (nSPS) is 15.0. The second kappa shape index (κ2) is 8.73. The summed E-state index contributed by atoms with van der Waals surface area (Å²) in [5.74, 6) is 0.976. The molecule has 1 fully saturated rings. The molecule has 2 aromatic rings. The first-order chi connectivity index (χ1) is 11.4. The molecule has 122 valence electrons. The van der Waals surface area contributed by atoms with E-state index in [0.29, 0.717) is 0 Å². The van der Waals surface area contributed by atoms with Crippen molar-refractivity contribution in [2.45, 2.75) is 32.1 Å². The van der Waals surface area contributed by atoms with Gasteiger partial charge >= 0.3 is 1.43 Å². The van der Waals surface area contributed by atoms with E-state index in [0.717, 1.165) is 18.8 Å². The van der Waals surface area contributed by atoms with Crippen molar-refractivity contribution in [3.05, 3.63) is 54.6 Å². The number of nitrogens with zero attached hydrogens (tertiary/aromatic N) is 1. The molecule has 2 nitrogen and oxygen atoms in total. The Hall–Kier alpha value is -1.80. The summed E-state index contributed by atoms with van der Waals surface area (Å²) in [4.78, 5) is 2.59. The maximum absolute atomic E-state index is 5.86. The van der Waals surface area contributed by atoms with E-state index in [1.54, 1.807) is 0 Å². The van der Waals surface area contributed by atoms with Gasteiger partial charge in [-0.25, -0.2) is 0 Å². The molecule has 0 atom stereocenters. The van der Waals surface area contributed by atoms with Crippen LogP contribution >= 0.6 is 0 Å². The van der Waals surface area contributed by atoms with E-state index >= 15 is 0 Å². The molecule has 0 aliphatic carbocycles. The molecule has 23 heavy (non-hydrogen) atoms. The van der Waals surface area contributed by atoms with Gasteiger partial charge in [0.1, 0.15) is 5.75 Å². The second-order valence-electron chi connectivity index (χ2n) is 6.35. The average molecular weight is 310 g/mol. The fraction of sp³-hybridized carbons (Fsp3) is 0.429. The molecule has 1 heterocycles. The van der Waals surface area contributed by atoms with Crippen LogP contribution < -0.4 is 4.74 Å². The molecule has 1 aliphatic heterocycles. The van der Waals surface area contributed by atoms with Crippen LogP contribution in [0.4, 0.5) is 0 Å². The molecule has 0 unspecified atom stereocenters. The molecule has 3 rings (SSSR count). The van der Waals surface area contributed by atoms with Crippen molar-refractivity contribution in [2.24, 2.45) is 0 Å². The third-order valence-corrected chi connectivity index (χ3v) is 4.55. The zero-order chi connectivity index (χ0) is 15.7. The summed E-state index contributed by atoms with van der Waals surface area (Å²) in [6.45, 7) is 4.71. The number of likely N-dealkylation sites (tertiary alicyclic amines) is 1. The molecule has 2 heteroatoms. The fourth-order valence-corrected chi connectivity index (χ4v) is 3.18. The van der Waals surface area contributed by atoms with Crippen LogP contribution in [0.2, 0.25) is 0 Å². The van der Waals surface area contributed by atoms with Crippen molar-refractivity contribution in [3.8, 4) is 16.9 Å². The van der Waals surface area contributed by atoms with Gasteiger partial charge in [0.05, 0.1) is 6.61 Å². The predicted octanol–water partition coefficient (Wildman–Crippen LogP) is 5.11. The highest BCUT2D eigenvalue weighted by Crippen LogP contribution is 2.22. The lowest BCUT2D eigenvalue weighted by Crippen LogP contribution is -2.20. The van der Waals surface area contributed by atoms with Crippen molar-refractivity contribution < 1.29 is 6.16 Å². The van der Waals surface area contributed by atoms with Crippen molar-refractivity contribution in [3.63, 3.8) is 0 Å². The molecule has 0 bridgehead atoms. The lowest BCUT2D eigenvalue weighted by molar-refractivity contribution is 0.290. The van der Waals surface area contributed by atoms with Crippen molar-refractivity contribution in [2.75, 3.05) is 26.2 Å². The number of hydrogen-bond acceptors (Lipinski definition) is 2. The number of rotatable bonds is 8. The Balaban J connectivity index is 0.00000208. The lowest BCUT2D eigenvalue weighted by atomic mass is 10.1. The molecule has 0 saturated carbocycles.